The number of fused-ring (bicyclic) bond motifs is 1. The molecule has 0 aromatic heterocycles. The van der Waals surface area contributed by atoms with Crippen LogP contribution < -0.4 is 15.2 Å². The molecule has 0 spiro atoms. The molecule has 1 unspecified atom stereocenters. The van der Waals surface area contributed by atoms with Crippen LogP contribution in [0.2, 0.25) is 5.02 Å². The molecule has 0 saturated heterocycles. The zero-order chi connectivity index (χ0) is 12.9. The molecule has 18 heavy (non-hydrogen) atoms. The largest absolute Gasteiger partial charge is 0.454 e. The molecule has 0 amide bonds. The van der Waals surface area contributed by atoms with Gasteiger partial charge in [-0.2, -0.15) is 0 Å². The molecule has 1 aliphatic carbocycles. The van der Waals surface area contributed by atoms with Gasteiger partial charge in [-0.15, -0.1) is 0 Å². The second-order valence-corrected chi connectivity index (χ2v) is 5.65. The zero-order valence-corrected chi connectivity index (χ0v) is 11.5. The Morgan fingerprint density at radius 1 is 1.44 bits per heavy atom. The van der Waals surface area contributed by atoms with Crippen molar-refractivity contribution in [3.05, 3.63) is 22.2 Å². The van der Waals surface area contributed by atoms with E-state index in [1.807, 2.05) is 6.07 Å². The van der Waals surface area contributed by atoms with Gasteiger partial charge in [-0.05, 0) is 31.7 Å². The van der Waals surface area contributed by atoms with Gasteiger partial charge < -0.3 is 15.2 Å². The van der Waals surface area contributed by atoms with Crippen molar-refractivity contribution >= 4 is 11.6 Å². The lowest BCUT2D eigenvalue weighted by Crippen LogP contribution is -2.32. The topological polar surface area (TPSA) is 44.5 Å². The molecule has 0 bridgehead atoms. The highest BCUT2D eigenvalue weighted by molar-refractivity contribution is 6.32. The van der Waals surface area contributed by atoms with Gasteiger partial charge in [0.25, 0.3) is 0 Å². The van der Waals surface area contributed by atoms with E-state index in [4.69, 9.17) is 26.8 Å². The standard InChI is InChI=1S/C14H18ClNO2/c1-3-9-12(14(4-5-14)8(2)16)10(15)6-11-13(9)18-7-17-11/h6,8H,3-5,7,16H2,1-2H3. The minimum Gasteiger partial charge on any atom is -0.454 e. The van der Waals surface area contributed by atoms with E-state index in [0.717, 1.165) is 35.8 Å². The van der Waals surface area contributed by atoms with Crippen molar-refractivity contribution in [2.24, 2.45) is 5.73 Å². The molecular weight excluding hydrogens is 250 g/mol. The van der Waals surface area contributed by atoms with E-state index < -0.39 is 0 Å². The van der Waals surface area contributed by atoms with Gasteiger partial charge in [0.1, 0.15) is 0 Å². The Morgan fingerprint density at radius 3 is 2.72 bits per heavy atom. The van der Waals surface area contributed by atoms with E-state index in [1.54, 1.807) is 0 Å². The number of benzene rings is 1. The van der Waals surface area contributed by atoms with Crippen molar-refractivity contribution in [1.82, 2.24) is 0 Å². The number of hydrogen-bond donors (Lipinski definition) is 1. The fraction of sp³-hybridized carbons (Fsp3) is 0.571. The van der Waals surface area contributed by atoms with E-state index in [2.05, 4.69) is 13.8 Å². The molecule has 1 aromatic carbocycles. The van der Waals surface area contributed by atoms with Gasteiger partial charge in [0.2, 0.25) is 6.79 Å². The van der Waals surface area contributed by atoms with Crippen LogP contribution in [-0.2, 0) is 11.8 Å². The fourth-order valence-electron chi connectivity index (χ4n) is 3.02. The molecule has 3 rings (SSSR count). The Balaban J connectivity index is 2.20. The van der Waals surface area contributed by atoms with Crippen molar-refractivity contribution < 1.29 is 9.47 Å². The highest BCUT2D eigenvalue weighted by Gasteiger charge is 2.50. The SMILES string of the molecule is CCc1c2c(cc(Cl)c1C1(C(C)N)CC1)OCO2. The van der Waals surface area contributed by atoms with Crippen LogP contribution in [0, 0.1) is 0 Å². The summed E-state index contributed by atoms with van der Waals surface area (Å²) in [4.78, 5) is 0. The van der Waals surface area contributed by atoms with Crippen LogP contribution in [0.4, 0.5) is 0 Å². The Bertz CT molecular complexity index is 495. The Morgan fingerprint density at radius 2 is 2.17 bits per heavy atom. The van der Waals surface area contributed by atoms with E-state index in [9.17, 15) is 0 Å². The van der Waals surface area contributed by atoms with Crippen LogP contribution in [0.15, 0.2) is 6.07 Å². The summed E-state index contributed by atoms with van der Waals surface area (Å²) >= 11 is 6.47. The number of ether oxygens (including phenoxy) is 2. The van der Waals surface area contributed by atoms with E-state index in [-0.39, 0.29) is 18.2 Å². The average molecular weight is 268 g/mol. The van der Waals surface area contributed by atoms with E-state index >= 15 is 0 Å². The van der Waals surface area contributed by atoms with Crippen molar-refractivity contribution in [1.29, 1.82) is 0 Å². The highest BCUT2D eigenvalue weighted by atomic mass is 35.5. The first kappa shape index (κ1) is 12.1. The molecule has 1 heterocycles. The molecular formula is C14H18ClNO2. The lowest BCUT2D eigenvalue weighted by Gasteiger charge is -2.25. The molecule has 1 fully saturated rings. The minimum absolute atomic E-state index is 0.0450. The summed E-state index contributed by atoms with van der Waals surface area (Å²) in [5.74, 6) is 1.63. The minimum atomic E-state index is 0.0450. The molecule has 4 heteroatoms. The van der Waals surface area contributed by atoms with Gasteiger partial charge in [-0.3, -0.25) is 0 Å². The van der Waals surface area contributed by atoms with E-state index in [1.165, 1.54) is 11.1 Å². The van der Waals surface area contributed by atoms with Crippen LogP contribution >= 0.6 is 11.6 Å². The van der Waals surface area contributed by atoms with Crippen molar-refractivity contribution in [3.8, 4) is 11.5 Å². The third kappa shape index (κ3) is 1.54. The lowest BCUT2D eigenvalue weighted by atomic mass is 9.84. The maximum absolute atomic E-state index is 6.47. The lowest BCUT2D eigenvalue weighted by molar-refractivity contribution is 0.173. The third-order valence-corrected chi connectivity index (χ3v) is 4.52. The first-order chi connectivity index (χ1) is 8.60. The first-order valence-electron chi connectivity index (χ1n) is 6.47. The molecule has 3 nitrogen and oxygen atoms in total. The van der Waals surface area contributed by atoms with Crippen molar-refractivity contribution in [2.75, 3.05) is 6.79 Å². The molecule has 1 saturated carbocycles. The van der Waals surface area contributed by atoms with Gasteiger partial charge in [-0.25, -0.2) is 0 Å². The van der Waals surface area contributed by atoms with Crippen molar-refractivity contribution in [2.45, 2.75) is 44.6 Å². The third-order valence-electron chi connectivity index (χ3n) is 4.23. The second-order valence-electron chi connectivity index (χ2n) is 5.24. The second kappa shape index (κ2) is 4.04. The molecule has 0 radical (unpaired) electrons. The van der Waals surface area contributed by atoms with Crippen LogP contribution in [0.25, 0.3) is 0 Å². The molecule has 98 valence electrons. The molecule has 1 aromatic rings. The van der Waals surface area contributed by atoms with Gasteiger partial charge in [0.05, 0.1) is 0 Å². The Hall–Kier alpha value is -0.930. The van der Waals surface area contributed by atoms with Crippen LogP contribution in [-0.4, -0.2) is 12.8 Å². The number of halogens is 1. The van der Waals surface area contributed by atoms with Crippen molar-refractivity contribution in [3.63, 3.8) is 0 Å². The van der Waals surface area contributed by atoms with Crippen LogP contribution in [0.1, 0.15) is 37.8 Å². The maximum atomic E-state index is 6.47. The van der Waals surface area contributed by atoms with Crippen LogP contribution in [0.3, 0.4) is 0 Å². The summed E-state index contributed by atoms with van der Waals surface area (Å²) in [7, 11) is 0. The predicted octanol–water partition coefficient (Wildman–Crippen LogP) is 3.01. The number of rotatable bonds is 3. The normalized spacial score (nSPS) is 20.9. The monoisotopic (exact) mass is 267 g/mol. The number of hydrogen-bond acceptors (Lipinski definition) is 3. The molecule has 1 aliphatic heterocycles. The molecule has 1 atom stereocenters. The fourth-order valence-corrected chi connectivity index (χ4v) is 3.42. The van der Waals surface area contributed by atoms with Gasteiger partial charge >= 0.3 is 0 Å². The van der Waals surface area contributed by atoms with Crippen LogP contribution in [0.5, 0.6) is 11.5 Å². The quantitative estimate of drug-likeness (QED) is 0.916. The summed E-state index contributed by atoms with van der Waals surface area (Å²) in [6.45, 7) is 4.47. The number of nitrogens with two attached hydrogens (primary N) is 1. The average Bonchev–Trinajstić information content (AvgIpc) is 3.01. The Kier molecular flexibility index (Phi) is 2.72. The first-order valence-corrected chi connectivity index (χ1v) is 6.85. The molecule has 2 aliphatic rings. The summed E-state index contributed by atoms with van der Waals surface area (Å²) in [6, 6.07) is 1.99. The zero-order valence-electron chi connectivity index (χ0n) is 10.8. The summed E-state index contributed by atoms with van der Waals surface area (Å²) in [6.07, 6.45) is 3.10. The predicted molar refractivity (Wildman–Crippen MR) is 71.5 cm³/mol. The summed E-state index contributed by atoms with van der Waals surface area (Å²) < 4.78 is 11.0. The summed E-state index contributed by atoms with van der Waals surface area (Å²) in [5.41, 5.74) is 8.57. The smallest absolute Gasteiger partial charge is 0.231 e. The summed E-state index contributed by atoms with van der Waals surface area (Å²) in [5, 5.41) is 0.769. The van der Waals surface area contributed by atoms with E-state index in [0.29, 0.717) is 0 Å². The van der Waals surface area contributed by atoms with Gasteiger partial charge in [-0.1, -0.05) is 18.5 Å². The van der Waals surface area contributed by atoms with Gasteiger partial charge in [0.15, 0.2) is 11.5 Å². The maximum Gasteiger partial charge on any atom is 0.231 e. The Labute approximate surface area is 112 Å². The molecule has 2 N–H and O–H groups in total. The van der Waals surface area contributed by atoms with Gasteiger partial charge in [0, 0.05) is 28.1 Å². The highest BCUT2D eigenvalue weighted by Crippen LogP contribution is 2.56.